The van der Waals surface area contributed by atoms with Crippen molar-refractivity contribution in [3.63, 3.8) is 0 Å². The van der Waals surface area contributed by atoms with E-state index in [0.717, 1.165) is 13.1 Å². The Labute approximate surface area is 164 Å². The molecule has 0 amide bonds. The maximum atomic E-state index is 10.9. The van der Waals surface area contributed by atoms with Gasteiger partial charge in [-0.3, -0.25) is 9.42 Å². The first-order chi connectivity index (χ1) is 12.8. The molecule has 1 aliphatic heterocycles. The van der Waals surface area contributed by atoms with E-state index in [1.54, 1.807) is 11.8 Å². The Balaban J connectivity index is 1.67. The summed E-state index contributed by atoms with van der Waals surface area (Å²) in [6.07, 6.45) is 0. The van der Waals surface area contributed by atoms with Gasteiger partial charge in [-0.25, -0.2) is 4.57 Å². The molecule has 27 heavy (non-hydrogen) atoms. The van der Waals surface area contributed by atoms with Crippen LogP contribution in [0.5, 0.6) is 0 Å². The highest BCUT2D eigenvalue weighted by Gasteiger charge is 2.22. The fourth-order valence-corrected chi connectivity index (χ4v) is 4.47. The third-order valence-electron chi connectivity index (χ3n) is 4.54. The molecule has 0 saturated carbocycles. The number of rotatable bonds is 6. The van der Waals surface area contributed by atoms with Crippen molar-refractivity contribution < 1.29 is 18.9 Å². The zero-order valence-electron chi connectivity index (χ0n) is 15.5. The Morgan fingerprint density at radius 1 is 1.04 bits per heavy atom. The van der Waals surface area contributed by atoms with Gasteiger partial charge in [-0.15, -0.1) is 0 Å². The number of phosphoric ester groups is 1. The van der Waals surface area contributed by atoms with Crippen molar-refractivity contribution >= 4 is 25.3 Å². The fourth-order valence-electron chi connectivity index (χ4n) is 3.11. The fraction of sp³-hybridized carbons (Fsp3) is 0.368. The molecule has 0 bridgehead atoms. The minimum Gasteiger partial charge on any atom is -0.368 e. The van der Waals surface area contributed by atoms with Crippen LogP contribution in [0.15, 0.2) is 52.3 Å². The molecule has 0 radical (unpaired) electrons. The Bertz CT molecular complexity index is 834. The van der Waals surface area contributed by atoms with Crippen molar-refractivity contribution in [2.45, 2.75) is 23.6 Å². The number of anilines is 1. The van der Waals surface area contributed by atoms with E-state index in [1.165, 1.54) is 26.6 Å². The molecule has 6 nitrogen and oxygen atoms in total. The monoisotopic (exact) mass is 408 g/mol. The van der Waals surface area contributed by atoms with Crippen LogP contribution in [0.25, 0.3) is 0 Å². The van der Waals surface area contributed by atoms with Crippen LogP contribution >= 0.6 is 19.6 Å². The molecule has 146 valence electrons. The number of hydrogen-bond donors (Lipinski definition) is 2. The Hall–Kier alpha value is -1.34. The topological polar surface area (TPSA) is 73.2 Å². The van der Waals surface area contributed by atoms with Gasteiger partial charge in [-0.1, -0.05) is 41.6 Å². The molecule has 0 aromatic heterocycles. The number of aryl methyl sites for hydroxylation is 2. The molecule has 1 aliphatic rings. The van der Waals surface area contributed by atoms with Crippen LogP contribution in [-0.4, -0.2) is 47.6 Å². The Kier molecular flexibility index (Phi) is 6.63. The van der Waals surface area contributed by atoms with Gasteiger partial charge < -0.3 is 14.7 Å². The third-order valence-corrected chi connectivity index (χ3v) is 6.23. The van der Waals surface area contributed by atoms with E-state index in [9.17, 15) is 4.57 Å². The largest absolute Gasteiger partial charge is 0.470 e. The molecule has 3 rings (SSSR count). The van der Waals surface area contributed by atoms with Gasteiger partial charge in [0.05, 0.1) is 5.69 Å². The zero-order chi connectivity index (χ0) is 19.4. The maximum absolute atomic E-state index is 10.9. The minimum atomic E-state index is -4.42. The highest BCUT2D eigenvalue weighted by atomic mass is 32.2. The van der Waals surface area contributed by atoms with Crippen molar-refractivity contribution in [1.82, 2.24) is 4.90 Å². The number of benzene rings is 2. The summed E-state index contributed by atoms with van der Waals surface area (Å²) in [6, 6.07) is 14.9. The van der Waals surface area contributed by atoms with Crippen LogP contribution in [0.3, 0.4) is 0 Å². The van der Waals surface area contributed by atoms with E-state index in [1.807, 2.05) is 11.0 Å². The lowest BCUT2D eigenvalue weighted by Crippen LogP contribution is -2.47. The molecule has 0 spiro atoms. The molecule has 0 aliphatic carbocycles. The van der Waals surface area contributed by atoms with Crippen molar-refractivity contribution in [2.24, 2.45) is 0 Å². The molecule has 1 heterocycles. The van der Waals surface area contributed by atoms with Crippen molar-refractivity contribution in [3.8, 4) is 0 Å². The first-order valence-corrected chi connectivity index (χ1v) is 11.2. The van der Waals surface area contributed by atoms with E-state index < -0.39 is 7.82 Å². The molecular formula is C19H25N2O4PS. The maximum Gasteiger partial charge on any atom is 0.470 e. The Morgan fingerprint density at radius 2 is 1.74 bits per heavy atom. The summed E-state index contributed by atoms with van der Waals surface area (Å²) >= 11 is 1.77. The van der Waals surface area contributed by atoms with Gasteiger partial charge in [-0.2, -0.15) is 0 Å². The Morgan fingerprint density at radius 3 is 2.41 bits per heavy atom. The standard InChI is InChI=1S/C19H25N2O4PS/c1-15-7-8-18(16(2)13-15)27-19-6-4-3-5-17(19)21-11-9-20(10-12-21)14-25-26(22,23)24/h3-8,13H,9-12,14H2,1-2H3,(H2,22,23,24). The predicted octanol–water partition coefficient (Wildman–Crippen LogP) is 3.64. The van der Waals surface area contributed by atoms with Crippen LogP contribution in [0, 0.1) is 13.8 Å². The quantitative estimate of drug-likeness (QED) is 0.707. The van der Waals surface area contributed by atoms with Gasteiger partial charge >= 0.3 is 7.82 Å². The smallest absolute Gasteiger partial charge is 0.368 e. The van der Waals surface area contributed by atoms with Gasteiger partial charge in [0.15, 0.2) is 0 Å². The normalized spacial score (nSPS) is 15.9. The number of hydrogen-bond acceptors (Lipinski definition) is 5. The molecule has 0 unspecified atom stereocenters. The summed E-state index contributed by atoms with van der Waals surface area (Å²) in [5.74, 6) is 0. The van der Waals surface area contributed by atoms with Gasteiger partial charge in [0, 0.05) is 36.0 Å². The second-order valence-electron chi connectivity index (χ2n) is 6.69. The van der Waals surface area contributed by atoms with Gasteiger partial charge in [0.2, 0.25) is 0 Å². The third kappa shape index (κ3) is 5.82. The van der Waals surface area contributed by atoms with Crippen LogP contribution in [-0.2, 0) is 9.09 Å². The molecule has 2 aromatic carbocycles. The van der Waals surface area contributed by atoms with Crippen molar-refractivity contribution in [1.29, 1.82) is 0 Å². The number of phosphoric acid groups is 1. The van der Waals surface area contributed by atoms with Gasteiger partial charge in [0.1, 0.15) is 6.73 Å². The van der Waals surface area contributed by atoms with E-state index >= 15 is 0 Å². The summed E-state index contributed by atoms with van der Waals surface area (Å²) in [5.41, 5.74) is 3.73. The first kappa shape index (κ1) is 20.4. The first-order valence-electron chi connectivity index (χ1n) is 8.83. The molecule has 1 fully saturated rings. The highest BCUT2D eigenvalue weighted by Crippen LogP contribution is 2.38. The summed E-state index contributed by atoms with van der Waals surface area (Å²) in [5, 5.41) is 0. The van der Waals surface area contributed by atoms with Crippen molar-refractivity contribution in [2.75, 3.05) is 37.8 Å². The molecule has 0 atom stereocenters. The van der Waals surface area contributed by atoms with E-state index in [2.05, 4.69) is 59.7 Å². The summed E-state index contributed by atoms with van der Waals surface area (Å²) in [4.78, 5) is 24.4. The lowest BCUT2D eigenvalue weighted by molar-refractivity contribution is 0.0871. The summed E-state index contributed by atoms with van der Waals surface area (Å²) in [6.45, 7) is 7.16. The van der Waals surface area contributed by atoms with E-state index in [4.69, 9.17) is 9.79 Å². The van der Waals surface area contributed by atoms with Gasteiger partial charge in [-0.05, 0) is 37.6 Å². The van der Waals surface area contributed by atoms with Crippen LogP contribution in [0.1, 0.15) is 11.1 Å². The lowest BCUT2D eigenvalue weighted by atomic mass is 10.2. The van der Waals surface area contributed by atoms with E-state index in [-0.39, 0.29) is 6.73 Å². The van der Waals surface area contributed by atoms with E-state index in [0.29, 0.717) is 13.1 Å². The molecule has 2 N–H and O–H groups in total. The minimum absolute atomic E-state index is 0.0446. The molecular weight excluding hydrogens is 383 g/mol. The number of piperazine rings is 1. The SMILES string of the molecule is Cc1ccc(Sc2ccccc2N2CCN(COP(=O)(O)O)CC2)c(C)c1. The molecule has 8 heteroatoms. The van der Waals surface area contributed by atoms with Crippen LogP contribution in [0.2, 0.25) is 0 Å². The van der Waals surface area contributed by atoms with Crippen LogP contribution in [0.4, 0.5) is 5.69 Å². The van der Waals surface area contributed by atoms with Crippen LogP contribution < -0.4 is 4.90 Å². The average molecular weight is 408 g/mol. The van der Waals surface area contributed by atoms with Crippen molar-refractivity contribution in [3.05, 3.63) is 53.6 Å². The average Bonchev–Trinajstić information content (AvgIpc) is 2.63. The summed E-state index contributed by atoms with van der Waals surface area (Å²) < 4.78 is 15.5. The lowest BCUT2D eigenvalue weighted by Gasteiger charge is -2.36. The number of nitrogens with zero attached hydrogens (tertiary/aromatic N) is 2. The van der Waals surface area contributed by atoms with Gasteiger partial charge in [0.25, 0.3) is 0 Å². The predicted molar refractivity (Wildman–Crippen MR) is 108 cm³/mol. The highest BCUT2D eigenvalue weighted by molar-refractivity contribution is 7.99. The number of para-hydroxylation sites is 1. The zero-order valence-corrected chi connectivity index (χ0v) is 17.2. The molecule has 2 aromatic rings. The summed E-state index contributed by atoms with van der Waals surface area (Å²) in [7, 11) is -4.42. The second kappa shape index (κ2) is 8.78. The molecule has 1 saturated heterocycles. The second-order valence-corrected chi connectivity index (χ2v) is 9.02.